The van der Waals surface area contributed by atoms with Crippen molar-refractivity contribution in [3.05, 3.63) is 83.9 Å². The van der Waals surface area contributed by atoms with Crippen LogP contribution in [0.25, 0.3) is 21.9 Å². The average molecular weight is 298 g/mol. The lowest BCUT2D eigenvalue weighted by Crippen LogP contribution is -1.98. The van der Waals surface area contributed by atoms with Gasteiger partial charge in [-0.15, -0.1) is 0 Å². The molecule has 0 saturated heterocycles. The Bertz CT molecular complexity index is 841. The standard InChI is InChI=1S/C23H22/c1-2-5-13-19-17-23(18-11-6-4-7-12-18)22-16-10-9-15-21(22)20(19)14-8-3-1/h1,3-4,6-7,9-12,15-17H,2,5,8,13-14H2/b3-1-. The minimum Gasteiger partial charge on any atom is -0.0885 e. The van der Waals surface area contributed by atoms with Gasteiger partial charge in [0.1, 0.15) is 0 Å². The fraction of sp³-hybridized carbons (Fsp3) is 0.217. The highest BCUT2D eigenvalue weighted by molar-refractivity contribution is 5.99. The van der Waals surface area contributed by atoms with Crippen molar-refractivity contribution in [2.24, 2.45) is 0 Å². The molecule has 0 heterocycles. The van der Waals surface area contributed by atoms with Gasteiger partial charge in [0.05, 0.1) is 0 Å². The van der Waals surface area contributed by atoms with Crippen LogP contribution in [0.1, 0.15) is 30.4 Å². The van der Waals surface area contributed by atoms with Gasteiger partial charge in [-0.3, -0.25) is 0 Å². The van der Waals surface area contributed by atoms with Crippen molar-refractivity contribution in [2.45, 2.75) is 32.1 Å². The Hall–Kier alpha value is -2.34. The Morgan fingerprint density at radius 1 is 0.652 bits per heavy atom. The third-order valence-electron chi connectivity index (χ3n) is 4.88. The lowest BCUT2D eigenvalue weighted by Gasteiger charge is -2.16. The van der Waals surface area contributed by atoms with Crippen molar-refractivity contribution in [1.29, 1.82) is 0 Å². The molecule has 0 saturated carbocycles. The fourth-order valence-electron chi connectivity index (χ4n) is 3.74. The Morgan fingerprint density at radius 2 is 1.39 bits per heavy atom. The maximum Gasteiger partial charge on any atom is -0.0102 e. The van der Waals surface area contributed by atoms with Gasteiger partial charge < -0.3 is 0 Å². The summed E-state index contributed by atoms with van der Waals surface area (Å²) >= 11 is 0. The predicted octanol–water partition coefficient (Wildman–Crippen LogP) is 6.33. The van der Waals surface area contributed by atoms with E-state index in [0.717, 1.165) is 12.8 Å². The van der Waals surface area contributed by atoms with Crippen molar-refractivity contribution in [2.75, 3.05) is 0 Å². The van der Waals surface area contributed by atoms with Crippen molar-refractivity contribution < 1.29 is 0 Å². The third-order valence-corrected chi connectivity index (χ3v) is 4.88. The normalized spacial score (nSPS) is 16.2. The summed E-state index contributed by atoms with van der Waals surface area (Å²) in [6.07, 6.45) is 10.7. The molecule has 0 fully saturated rings. The molecule has 0 radical (unpaired) electrons. The lowest BCUT2D eigenvalue weighted by atomic mass is 9.88. The van der Waals surface area contributed by atoms with E-state index in [-0.39, 0.29) is 0 Å². The highest BCUT2D eigenvalue weighted by Crippen LogP contribution is 2.35. The van der Waals surface area contributed by atoms with Gasteiger partial charge >= 0.3 is 0 Å². The predicted molar refractivity (Wildman–Crippen MR) is 99.8 cm³/mol. The zero-order valence-corrected chi connectivity index (χ0v) is 13.5. The molecule has 114 valence electrons. The number of benzene rings is 3. The first-order chi connectivity index (χ1) is 11.4. The maximum atomic E-state index is 2.46. The summed E-state index contributed by atoms with van der Waals surface area (Å²) < 4.78 is 0. The molecule has 0 nitrogen and oxygen atoms in total. The molecule has 1 aliphatic rings. The Balaban J connectivity index is 1.97. The summed E-state index contributed by atoms with van der Waals surface area (Å²) in [6, 6.07) is 22.2. The quantitative estimate of drug-likeness (QED) is 0.460. The summed E-state index contributed by atoms with van der Waals surface area (Å²) in [6.45, 7) is 0. The Labute approximate surface area is 138 Å². The van der Waals surface area contributed by atoms with E-state index in [1.807, 2.05) is 0 Å². The van der Waals surface area contributed by atoms with E-state index in [1.54, 1.807) is 11.1 Å². The number of rotatable bonds is 1. The van der Waals surface area contributed by atoms with E-state index in [0.29, 0.717) is 0 Å². The second-order valence-electron chi connectivity index (χ2n) is 6.38. The molecule has 0 atom stereocenters. The van der Waals surface area contributed by atoms with Crippen LogP contribution in [0.2, 0.25) is 0 Å². The zero-order valence-electron chi connectivity index (χ0n) is 13.5. The van der Waals surface area contributed by atoms with Crippen molar-refractivity contribution in [3.8, 4) is 11.1 Å². The lowest BCUT2D eigenvalue weighted by molar-refractivity contribution is 0.839. The largest absolute Gasteiger partial charge is 0.0885 e. The molecule has 0 N–H and O–H groups in total. The molecule has 0 heteroatoms. The van der Waals surface area contributed by atoms with E-state index in [9.17, 15) is 0 Å². The number of aryl methyl sites for hydroxylation is 2. The van der Waals surface area contributed by atoms with Crippen LogP contribution in [-0.4, -0.2) is 0 Å². The molecular weight excluding hydrogens is 276 g/mol. The van der Waals surface area contributed by atoms with Crippen LogP contribution < -0.4 is 0 Å². The van der Waals surface area contributed by atoms with Gasteiger partial charge in [0.15, 0.2) is 0 Å². The van der Waals surface area contributed by atoms with Crippen LogP contribution >= 0.6 is 0 Å². The minimum absolute atomic E-state index is 1.15. The second kappa shape index (κ2) is 6.42. The molecule has 3 aromatic rings. The van der Waals surface area contributed by atoms with Crippen LogP contribution in [0.4, 0.5) is 0 Å². The topological polar surface area (TPSA) is 0 Å². The van der Waals surface area contributed by atoms with Gasteiger partial charge in [-0.25, -0.2) is 0 Å². The fourth-order valence-corrected chi connectivity index (χ4v) is 3.74. The monoisotopic (exact) mass is 298 g/mol. The van der Waals surface area contributed by atoms with Crippen LogP contribution in [0.5, 0.6) is 0 Å². The third kappa shape index (κ3) is 2.82. The van der Waals surface area contributed by atoms with Crippen molar-refractivity contribution in [3.63, 3.8) is 0 Å². The second-order valence-corrected chi connectivity index (χ2v) is 6.38. The maximum absolute atomic E-state index is 2.46. The van der Waals surface area contributed by atoms with E-state index >= 15 is 0 Å². The Morgan fingerprint density at radius 3 is 2.26 bits per heavy atom. The summed E-state index contributed by atoms with van der Waals surface area (Å²) in [5.74, 6) is 0. The van der Waals surface area contributed by atoms with E-state index in [1.165, 1.54) is 41.2 Å². The van der Waals surface area contributed by atoms with Gasteiger partial charge in [-0.1, -0.05) is 72.8 Å². The number of hydrogen-bond donors (Lipinski definition) is 0. The smallest absolute Gasteiger partial charge is 0.0102 e. The molecule has 1 aliphatic carbocycles. The molecule has 3 aromatic carbocycles. The first kappa shape index (κ1) is 14.3. The molecule has 0 amide bonds. The molecule has 23 heavy (non-hydrogen) atoms. The van der Waals surface area contributed by atoms with E-state index in [2.05, 4.69) is 72.8 Å². The van der Waals surface area contributed by atoms with E-state index < -0.39 is 0 Å². The molecule has 0 unspecified atom stereocenters. The summed E-state index contributed by atoms with van der Waals surface area (Å²) in [4.78, 5) is 0. The van der Waals surface area contributed by atoms with Crippen LogP contribution in [0.15, 0.2) is 72.8 Å². The first-order valence-electron chi connectivity index (χ1n) is 8.67. The summed E-state index contributed by atoms with van der Waals surface area (Å²) in [7, 11) is 0. The zero-order chi connectivity index (χ0) is 15.5. The van der Waals surface area contributed by atoms with Crippen molar-refractivity contribution >= 4 is 10.8 Å². The number of allylic oxidation sites excluding steroid dienone is 2. The van der Waals surface area contributed by atoms with Crippen LogP contribution in [0.3, 0.4) is 0 Å². The summed E-state index contributed by atoms with van der Waals surface area (Å²) in [5, 5.41) is 2.83. The average Bonchev–Trinajstić information content (AvgIpc) is 2.73. The molecular formula is C23H22. The van der Waals surface area contributed by atoms with Gasteiger partial charge in [0.2, 0.25) is 0 Å². The van der Waals surface area contributed by atoms with Gasteiger partial charge in [0, 0.05) is 0 Å². The Kier molecular flexibility index (Phi) is 3.98. The number of fused-ring (bicyclic) bond motifs is 3. The molecule has 4 rings (SSSR count). The van der Waals surface area contributed by atoms with Gasteiger partial charge in [-0.05, 0) is 65.1 Å². The minimum atomic E-state index is 1.15. The van der Waals surface area contributed by atoms with Crippen LogP contribution in [-0.2, 0) is 12.8 Å². The molecule has 0 aromatic heterocycles. The molecule has 0 aliphatic heterocycles. The highest BCUT2D eigenvalue weighted by atomic mass is 14.2. The highest BCUT2D eigenvalue weighted by Gasteiger charge is 2.13. The number of hydrogen-bond acceptors (Lipinski definition) is 0. The first-order valence-corrected chi connectivity index (χ1v) is 8.67. The van der Waals surface area contributed by atoms with E-state index in [4.69, 9.17) is 0 Å². The van der Waals surface area contributed by atoms with Gasteiger partial charge in [0.25, 0.3) is 0 Å². The van der Waals surface area contributed by atoms with Crippen molar-refractivity contribution in [1.82, 2.24) is 0 Å². The SMILES string of the molecule is C1=C\CCc2c(cc(-c3ccccc3)c3ccccc23)CCC/1. The summed E-state index contributed by atoms with van der Waals surface area (Å²) in [5.41, 5.74) is 5.81. The molecule has 0 spiro atoms. The van der Waals surface area contributed by atoms with Gasteiger partial charge in [-0.2, -0.15) is 0 Å². The molecule has 0 bridgehead atoms. The van der Waals surface area contributed by atoms with Crippen LogP contribution in [0, 0.1) is 0 Å².